The van der Waals surface area contributed by atoms with E-state index in [4.69, 9.17) is 0 Å². The van der Waals surface area contributed by atoms with E-state index in [2.05, 4.69) is 20.9 Å². The van der Waals surface area contributed by atoms with Crippen molar-refractivity contribution in [1.29, 1.82) is 0 Å². The first-order valence-electron chi connectivity index (χ1n) is 7.25. The Morgan fingerprint density at radius 3 is 2.89 bits per heavy atom. The van der Waals surface area contributed by atoms with E-state index < -0.39 is 0 Å². The Bertz CT molecular complexity index is 425. The van der Waals surface area contributed by atoms with Gasteiger partial charge >= 0.3 is 0 Å². The zero-order valence-electron chi connectivity index (χ0n) is 12.2. The summed E-state index contributed by atoms with van der Waals surface area (Å²) in [6.07, 6.45) is 5.50. The van der Waals surface area contributed by atoms with E-state index >= 15 is 0 Å². The van der Waals surface area contributed by atoms with Gasteiger partial charge in [0.1, 0.15) is 5.82 Å². The third-order valence-corrected chi connectivity index (χ3v) is 3.87. The van der Waals surface area contributed by atoms with Crippen LogP contribution in [0.2, 0.25) is 0 Å². The molecule has 1 atom stereocenters. The number of anilines is 1. The van der Waals surface area contributed by atoms with Crippen molar-refractivity contribution in [3.05, 3.63) is 18.3 Å². The molecule has 4 heteroatoms. The minimum atomic E-state index is 0.0932. The number of aromatic nitrogens is 1. The molecule has 0 spiro atoms. The Labute approximate surface area is 115 Å². The number of likely N-dealkylation sites (tertiary alicyclic amines) is 1. The summed E-state index contributed by atoms with van der Waals surface area (Å²) >= 11 is 0. The fraction of sp³-hybridized carbons (Fsp3) is 0.667. The number of hydrogen-bond donors (Lipinski definition) is 1. The van der Waals surface area contributed by atoms with Gasteiger partial charge in [-0.2, -0.15) is 0 Å². The van der Waals surface area contributed by atoms with Crippen molar-refractivity contribution in [2.24, 2.45) is 13.0 Å². The Hall–Kier alpha value is -1.45. The van der Waals surface area contributed by atoms with Gasteiger partial charge in [-0.15, -0.1) is 0 Å². The van der Waals surface area contributed by atoms with Gasteiger partial charge in [0, 0.05) is 38.3 Å². The fourth-order valence-electron chi connectivity index (χ4n) is 2.70. The van der Waals surface area contributed by atoms with Gasteiger partial charge in [0.2, 0.25) is 5.91 Å². The molecule has 4 nitrogen and oxygen atoms in total. The second-order valence-electron chi connectivity index (χ2n) is 5.72. The summed E-state index contributed by atoms with van der Waals surface area (Å²) in [4.78, 5) is 14.3. The molecular weight excluding hydrogens is 238 g/mol. The predicted molar refractivity (Wildman–Crippen MR) is 78.1 cm³/mol. The van der Waals surface area contributed by atoms with Crippen molar-refractivity contribution >= 4 is 11.7 Å². The Morgan fingerprint density at radius 1 is 1.47 bits per heavy atom. The number of rotatable bonds is 4. The van der Waals surface area contributed by atoms with E-state index in [1.165, 1.54) is 6.42 Å². The molecule has 0 saturated carbocycles. The summed E-state index contributed by atoms with van der Waals surface area (Å²) in [5.74, 6) is 1.50. The molecule has 1 aromatic rings. The van der Waals surface area contributed by atoms with Crippen LogP contribution in [0, 0.1) is 5.92 Å². The second kappa shape index (κ2) is 6.13. The molecule has 0 aliphatic carbocycles. The van der Waals surface area contributed by atoms with Gasteiger partial charge in [-0.3, -0.25) is 4.79 Å². The highest BCUT2D eigenvalue weighted by Gasteiger charge is 2.27. The molecule has 1 amide bonds. The van der Waals surface area contributed by atoms with Crippen LogP contribution < -0.4 is 5.32 Å². The zero-order valence-corrected chi connectivity index (χ0v) is 12.2. The third-order valence-electron chi connectivity index (χ3n) is 3.87. The SMILES string of the molecule is CC(C)C(=O)N1CCCCC1CNc1cccn1C. The van der Waals surface area contributed by atoms with Gasteiger partial charge in [0.15, 0.2) is 0 Å². The van der Waals surface area contributed by atoms with Gasteiger partial charge in [-0.1, -0.05) is 13.8 Å². The molecule has 1 aromatic heterocycles. The molecule has 0 radical (unpaired) electrons. The van der Waals surface area contributed by atoms with Crippen molar-refractivity contribution in [2.75, 3.05) is 18.4 Å². The largest absolute Gasteiger partial charge is 0.369 e. The number of hydrogen-bond acceptors (Lipinski definition) is 2. The lowest BCUT2D eigenvalue weighted by Crippen LogP contribution is -2.48. The molecule has 1 aliphatic heterocycles. The number of nitrogens with one attached hydrogen (secondary N) is 1. The highest BCUT2D eigenvalue weighted by molar-refractivity contribution is 5.78. The van der Waals surface area contributed by atoms with Crippen LogP contribution in [-0.2, 0) is 11.8 Å². The molecular formula is C15H25N3O. The van der Waals surface area contributed by atoms with E-state index in [1.54, 1.807) is 0 Å². The molecule has 0 aromatic carbocycles. The third kappa shape index (κ3) is 3.31. The van der Waals surface area contributed by atoms with Gasteiger partial charge in [0.25, 0.3) is 0 Å². The number of carbonyl (C=O) groups is 1. The maximum atomic E-state index is 12.2. The Kier molecular flexibility index (Phi) is 4.51. The molecule has 106 valence electrons. The average molecular weight is 263 g/mol. The summed E-state index contributed by atoms with van der Waals surface area (Å²) in [7, 11) is 2.03. The highest BCUT2D eigenvalue weighted by atomic mass is 16.2. The quantitative estimate of drug-likeness (QED) is 0.906. The molecule has 2 rings (SSSR count). The van der Waals surface area contributed by atoms with Crippen LogP contribution in [-0.4, -0.2) is 34.5 Å². The van der Waals surface area contributed by atoms with E-state index in [0.717, 1.165) is 31.7 Å². The first kappa shape index (κ1) is 14.0. The van der Waals surface area contributed by atoms with Crippen molar-refractivity contribution in [3.63, 3.8) is 0 Å². The fourth-order valence-corrected chi connectivity index (χ4v) is 2.70. The minimum absolute atomic E-state index is 0.0932. The van der Waals surface area contributed by atoms with E-state index in [0.29, 0.717) is 11.9 Å². The topological polar surface area (TPSA) is 37.3 Å². The minimum Gasteiger partial charge on any atom is -0.369 e. The van der Waals surface area contributed by atoms with Crippen LogP contribution in [0.1, 0.15) is 33.1 Å². The molecule has 1 N–H and O–H groups in total. The summed E-state index contributed by atoms with van der Waals surface area (Å²) in [5, 5.41) is 3.46. The smallest absolute Gasteiger partial charge is 0.225 e. The number of piperidine rings is 1. The lowest BCUT2D eigenvalue weighted by Gasteiger charge is -2.37. The van der Waals surface area contributed by atoms with Crippen molar-refractivity contribution < 1.29 is 4.79 Å². The Morgan fingerprint density at radius 2 is 2.26 bits per heavy atom. The van der Waals surface area contributed by atoms with E-state index in [-0.39, 0.29) is 5.92 Å². The number of aryl methyl sites for hydroxylation is 1. The lowest BCUT2D eigenvalue weighted by molar-refractivity contribution is -0.137. The van der Waals surface area contributed by atoms with Crippen LogP contribution in [0.5, 0.6) is 0 Å². The summed E-state index contributed by atoms with van der Waals surface area (Å²) < 4.78 is 2.07. The molecule has 1 saturated heterocycles. The normalized spacial score (nSPS) is 19.8. The summed E-state index contributed by atoms with van der Waals surface area (Å²) in [6, 6.07) is 4.43. The van der Waals surface area contributed by atoms with E-state index in [1.807, 2.05) is 33.2 Å². The average Bonchev–Trinajstić information content (AvgIpc) is 2.81. The van der Waals surface area contributed by atoms with Crippen molar-refractivity contribution in [2.45, 2.75) is 39.2 Å². The van der Waals surface area contributed by atoms with Crippen LogP contribution in [0.4, 0.5) is 5.82 Å². The van der Waals surface area contributed by atoms with Crippen LogP contribution in [0.15, 0.2) is 18.3 Å². The highest BCUT2D eigenvalue weighted by Crippen LogP contribution is 2.20. The molecule has 19 heavy (non-hydrogen) atoms. The first-order valence-corrected chi connectivity index (χ1v) is 7.25. The van der Waals surface area contributed by atoms with Gasteiger partial charge in [-0.25, -0.2) is 0 Å². The maximum Gasteiger partial charge on any atom is 0.225 e. The van der Waals surface area contributed by atoms with Crippen LogP contribution in [0.3, 0.4) is 0 Å². The maximum absolute atomic E-state index is 12.2. The monoisotopic (exact) mass is 263 g/mol. The van der Waals surface area contributed by atoms with E-state index in [9.17, 15) is 4.79 Å². The van der Waals surface area contributed by atoms with Crippen LogP contribution in [0.25, 0.3) is 0 Å². The first-order chi connectivity index (χ1) is 9.09. The molecule has 1 aliphatic rings. The molecule has 1 fully saturated rings. The standard InChI is InChI=1S/C15H25N3O/c1-12(2)15(19)18-10-5-4-7-13(18)11-16-14-8-6-9-17(14)3/h6,8-9,12-13,16H,4-5,7,10-11H2,1-3H3. The molecule has 2 heterocycles. The summed E-state index contributed by atoms with van der Waals surface area (Å²) in [5.41, 5.74) is 0. The van der Waals surface area contributed by atoms with Gasteiger partial charge in [-0.05, 0) is 31.4 Å². The molecule has 1 unspecified atom stereocenters. The van der Waals surface area contributed by atoms with Gasteiger partial charge in [0.05, 0.1) is 0 Å². The number of amides is 1. The summed E-state index contributed by atoms with van der Waals surface area (Å²) in [6.45, 7) is 5.73. The lowest BCUT2D eigenvalue weighted by atomic mass is 10.00. The Balaban J connectivity index is 1.96. The molecule has 0 bridgehead atoms. The van der Waals surface area contributed by atoms with Crippen molar-refractivity contribution in [1.82, 2.24) is 9.47 Å². The zero-order chi connectivity index (χ0) is 13.8. The van der Waals surface area contributed by atoms with Gasteiger partial charge < -0.3 is 14.8 Å². The van der Waals surface area contributed by atoms with Crippen molar-refractivity contribution in [3.8, 4) is 0 Å². The van der Waals surface area contributed by atoms with Crippen LogP contribution >= 0.6 is 0 Å². The predicted octanol–water partition coefficient (Wildman–Crippen LogP) is 2.47. The number of carbonyl (C=O) groups excluding carboxylic acids is 1. The number of nitrogens with zero attached hydrogens (tertiary/aromatic N) is 2. The second-order valence-corrected chi connectivity index (χ2v) is 5.72.